The van der Waals surface area contributed by atoms with Gasteiger partial charge < -0.3 is 10.6 Å². The van der Waals surface area contributed by atoms with E-state index in [-0.39, 0.29) is 17.4 Å². The zero-order valence-corrected chi connectivity index (χ0v) is 11.2. The molecule has 0 aromatic rings. The maximum Gasteiger partial charge on any atom is 0.237 e. The van der Waals surface area contributed by atoms with E-state index in [1.54, 1.807) is 6.26 Å². The second-order valence-corrected chi connectivity index (χ2v) is 6.60. The second kappa shape index (κ2) is 5.77. The largest absolute Gasteiger partial charge is 0.354 e. The Hall–Kier alpha value is -0.420. The molecule has 1 heterocycles. The minimum absolute atomic E-state index is 0.00764. The van der Waals surface area contributed by atoms with Gasteiger partial charge in [0.25, 0.3) is 0 Å². The van der Waals surface area contributed by atoms with Crippen molar-refractivity contribution in [2.75, 3.05) is 25.1 Å². The molecule has 0 aromatic carbocycles. The first kappa shape index (κ1) is 13.6. The average Bonchev–Trinajstić information content (AvgIpc) is 2.16. The van der Waals surface area contributed by atoms with Crippen molar-refractivity contribution in [3.05, 3.63) is 0 Å². The Kier molecular flexibility index (Phi) is 4.92. The molecule has 94 valence electrons. The molecule has 2 unspecified atom stereocenters. The van der Waals surface area contributed by atoms with Gasteiger partial charge in [-0.1, -0.05) is 13.8 Å². The number of piperidine rings is 1. The van der Waals surface area contributed by atoms with Crippen molar-refractivity contribution in [1.82, 2.24) is 10.6 Å². The Labute approximate surface area is 100 Å². The monoisotopic (exact) mass is 246 g/mol. The molecule has 1 fully saturated rings. The van der Waals surface area contributed by atoms with Gasteiger partial charge in [0.2, 0.25) is 5.91 Å². The van der Waals surface area contributed by atoms with Crippen LogP contribution in [0.2, 0.25) is 0 Å². The van der Waals surface area contributed by atoms with Gasteiger partial charge >= 0.3 is 0 Å². The van der Waals surface area contributed by atoms with Gasteiger partial charge in [-0.2, -0.15) is 0 Å². The molecule has 0 radical (unpaired) electrons. The fraction of sp³-hybridized carbons (Fsp3) is 0.909. The minimum Gasteiger partial charge on any atom is -0.354 e. The van der Waals surface area contributed by atoms with Crippen LogP contribution < -0.4 is 10.6 Å². The molecule has 2 atom stereocenters. The smallest absolute Gasteiger partial charge is 0.237 e. The molecule has 16 heavy (non-hydrogen) atoms. The molecule has 1 rings (SSSR count). The van der Waals surface area contributed by atoms with Crippen LogP contribution in [-0.2, 0) is 15.6 Å². The van der Waals surface area contributed by atoms with E-state index in [1.807, 2.05) is 0 Å². The third-order valence-electron chi connectivity index (χ3n) is 3.08. The summed E-state index contributed by atoms with van der Waals surface area (Å²) in [5, 5.41) is 6.10. The van der Waals surface area contributed by atoms with Crippen molar-refractivity contribution >= 4 is 16.7 Å². The Balaban J connectivity index is 2.42. The predicted molar refractivity (Wildman–Crippen MR) is 66.7 cm³/mol. The quantitative estimate of drug-likeness (QED) is 0.748. The van der Waals surface area contributed by atoms with Gasteiger partial charge in [-0.25, -0.2) is 0 Å². The van der Waals surface area contributed by atoms with Gasteiger partial charge in [0.1, 0.15) is 0 Å². The lowest BCUT2D eigenvalue weighted by Gasteiger charge is -2.38. The third-order valence-corrected chi connectivity index (χ3v) is 3.86. The molecule has 5 heteroatoms. The van der Waals surface area contributed by atoms with Gasteiger partial charge in [-0.3, -0.25) is 9.00 Å². The first-order chi connectivity index (χ1) is 7.43. The molecule has 0 aromatic heterocycles. The summed E-state index contributed by atoms with van der Waals surface area (Å²) in [5.41, 5.74) is 0.00764. The lowest BCUT2D eigenvalue weighted by atomic mass is 9.77. The van der Waals surface area contributed by atoms with Crippen LogP contribution in [0, 0.1) is 5.41 Å². The van der Waals surface area contributed by atoms with E-state index >= 15 is 0 Å². The van der Waals surface area contributed by atoms with Crippen molar-refractivity contribution in [2.45, 2.75) is 32.7 Å². The molecule has 2 N–H and O–H groups in total. The summed E-state index contributed by atoms with van der Waals surface area (Å²) >= 11 is 0. The summed E-state index contributed by atoms with van der Waals surface area (Å²) in [6, 6.07) is -0.119. The second-order valence-electron chi connectivity index (χ2n) is 5.05. The van der Waals surface area contributed by atoms with E-state index in [2.05, 4.69) is 24.5 Å². The number of hydrogen-bond acceptors (Lipinski definition) is 3. The number of carbonyl (C=O) groups is 1. The molecular weight excluding hydrogens is 224 g/mol. The summed E-state index contributed by atoms with van der Waals surface area (Å²) in [5.74, 6) is 0.564. The third kappa shape index (κ3) is 3.87. The SMILES string of the molecule is CS(=O)CCNC(=O)C1NCCCC1(C)C. The maximum absolute atomic E-state index is 11.9. The molecule has 1 aliphatic heterocycles. The summed E-state index contributed by atoms with van der Waals surface area (Å²) in [6.45, 7) is 5.63. The lowest BCUT2D eigenvalue weighted by molar-refractivity contribution is -0.126. The summed E-state index contributed by atoms with van der Waals surface area (Å²) < 4.78 is 10.9. The van der Waals surface area contributed by atoms with Crippen molar-refractivity contribution in [1.29, 1.82) is 0 Å². The van der Waals surface area contributed by atoms with Crippen LogP contribution in [0.15, 0.2) is 0 Å². The zero-order chi connectivity index (χ0) is 12.2. The molecule has 1 amide bonds. The van der Waals surface area contributed by atoms with Gasteiger partial charge in [0, 0.05) is 29.4 Å². The van der Waals surface area contributed by atoms with Gasteiger partial charge in [0.05, 0.1) is 6.04 Å². The molecule has 0 bridgehead atoms. The molecular formula is C11H22N2O2S. The number of carbonyl (C=O) groups excluding carboxylic acids is 1. The van der Waals surface area contributed by atoms with Crippen molar-refractivity contribution in [3.8, 4) is 0 Å². The normalized spacial score (nSPS) is 26.1. The topological polar surface area (TPSA) is 58.2 Å². The standard InChI is InChI=1S/C11H22N2O2S/c1-11(2)5-4-6-12-9(11)10(14)13-7-8-16(3)15/h9,12H,4-8H2,1-3H3,(H,13,14). The Morgan fingerprint density at radius 1 is 1.56 bits per heavy atom. The highest BCUT2D eigenvalue weighted by Gasteiger charge is 2.36. The van der Waals surface area contributed by atoms with Gasteiger partial charge in [0.15, 0.2) is 0 Å². The molecule has 4 nitrogen and oxygen atoms in total. The van der Waals surface area contributed by atoms with Crippen LogP contribution in [0.5, 0.6) is 0 Å². The fourth-order valence-corrected chi connectivity index (χ4v) is 2.47. The average molecular weight is 246 g/mol. The number of nitrogens with one attached hydrogen (secondary N) is 2. The number of hydrogen-bond donors (Lipinski definition) is 2. The molecule has 1 saturated heterocycles. The summed E-state index contributed by atoms with van der Waals surface area (Å²) in [6.07, 6.45) is 3.84. The van der Waals surface area contributed by atoms with Crippen LogP contribution in [0.25, 0.3) is 0 Å². The van der Waals surface area contributed by atoms with E-state index in [9.17, 15) is 9.00 Å². The number of amides is 1. The van der Waals surface area contributed by atoms with E-state index in [1.165, 1.54) is 0 Å². The highest BCUT2D eigenvalue weighted by atomic mass is 32.2. The Bertz CT molecular complexity index is 279. The fourth-order valence-electron chi connectivity index (χ4n) is 2.08. The van der Waals surface area contributed by atoms with E-state index in [4.69, 9.17) is 0 Å². The Morgan fingerprint density at radius 2 is 2.25 bits per heavy atom. The highest BCUT2D eigenvalue weighted by Crippen LogP contribution is 2.29. The van der Waals surface area contributed by atoms with E-state index < -0.39 is 10.8 Å². The first-order valence-electron chi connectivity index (χ1n) is 5.74. The van der Waals surface area contributed by atoms with Gasteiger partial charge in [-0.05, 0) is 24.8 Å². The molecule has 0 spiro atoms. The van der Waals surface area contributed by atoms with E-state index in [0.29, 0.717) is 12.3 Å². The van der Waals surface area contributed by atoms with Crippen molar-refractivity contribution < 1.29 is 9.00 Å². The van der Waals surface area contributed by atoms with E-state index in [0.717, 1.165) is 19.4 Å². The predicted octanol–water partition coefficient (Wildman–Crippen LogP) is 0.259. The van der Waals surface area contributed by atoms with Crippen LogP contribution in [0.1, 0.15) is 26.7 Å². The van der Waals surface area contributed by atoms with Crippen molar-refractivity contribution in [2.24, 2.45) is 5.41 Å². The molecule has 1 aliphatic rings. The Morgan fingerprint density at radius 3 is 2.81 bits per heavy atom. The minimum atomic E-state index is -0.841. The maximum atomic E-state index is 11.9. The highest BCUT2D eigenvalue weighted by molar-refractivity contribution is 7.84. The lowest BCUT2D eigenvalue weighted by Crippen LogP contribution is -2.55. The summed E-state index contributed by atoms with van der Waals surface area (Å²) in [4.78, 5) is 11.9. The molecule has 0 saturated carbocycles. The van der Waals surface area contributed by atoms with Crippen LogP contribution >= 0.6 is 0 Å². The van der Waals surface area contributed by atoms with Crippen LogP contribution in [-0.4, -0.2) is 41.3 Å². The molecule has 0 aliphatic carbocycles. The summed E-state index contributed by atoms with van der Waals surface area (Å²) in [7, 11) is -0.841. The zero-order valence-electron chi connectivity index (χ0n) is 10.3. The number of rotatable bonds is 4. The van der Waals surface area contributed by atoms with Crippen LogP contribution in [0.3, 0.4) is 0 Å². The first-order valence-corrected chi connectivity index (χ1v) is 7.47. The van der Waals surface area contributed by atoms with Crippen LogP contribution in [0.4, 0.5) is 0 Å². The van der Waals surface area contributed by atoms with Crippen molar-refractivity contribution in [3.63, 3.8) is 0 Å². The van der Waals surface area contributed by atoms with Gasteiger partial charge in [-0.15, -0.1) is 0 Å².